The standard InChI is InChI=1S/C23H21F6N3O4/c1-11(2)15-10-30-18-6-5-13(9-14(15)18)36-19-16(22(24,25)26)7-12(8-17(19)23(27,28)29)31-20(33)21(34)32(3)35-4/h5-11,30H,1-4H3,(H,31,33). The van der Waals surface area contributed by atoms with Gasteiger partial charge in [0.25, 0.3) is 0 Å². The molecule has 0 atom stereocenters. The van der Waals surface area contributed by atoms with Gasteiger partial charge in [0, 0.05) is 29.8 Å². The van der Waals surface area contributed by atoms with E-state index < -0.39 is 46.7 Å². The van der Waals surface area contributed by atoms with Gasteiger partial charge in [0.05, 0.1) is 7.11 Å². The van der Waals surface area contributed by atoms with E-state index in [0.717, 1.165) is 19.7 Å². The lowest BCUT2D eigenvalue weighted by Gasteiger charge is -2.21. The fraction of sp³-hybridized carbons (Fsp3) is 0.304. The van der Waals surface area contributed by atoms with Gasteiger partial charge in [-0.2, -0.15) is 26.3 Å². The van der Waals surface area contributed by atoms with Gasteiger partial charge in [0.15, 0.2) is 5.75 Å². The maximum absolute atomic E-state index is 13.9. The number of likely N-dealkylation sites (N-methyl/N-ethyl adjacent to an activating group) is 1. The van der Waals surface area contributed by atoms with Crippen molar-refractivity contribution in [1.29, 1.82) is 0 Å². The van der Waals surface area contributed by atoms with Crippen LogP contribution in [0, 0.1) is 0 Å². The lowest BCUT2D eigenvalue weighted by molar-refractivity contribution is -0.171. The third-order valence-electron chi connectivity index (χ3n) is 5.24. The molecule has 13 heteroatoms. The molecule has 0 aliphatic carbocycles. The van der Waals surface area contributed by atoms with Gasteiger partial charge in [0.1, 0.15) is 16.9 Å². The highest BCUT2D eigenvalue weighted by Gasteiger charge is 2.43. The number of aromatic amines is 1. The van der Waals surface area contributed by atoms with Crippen LogP contribution in [-0.4, -0.2) is 36.0 Å². The van der Waals surface area contributed by atoms with Gasteiger partial charge in [-0.15, -0.1) is 0 Å². The number of hydrogen-bond acceptors (Lipinski definition) is 4. The topological polar surface area (TPSA) is 83.7 Å². The number of carbonyl (C=O) groups excluding carboxylic acids is 2. The lowest BCUT2D eigenvalue weighted by Crippen LogP contribution is -2.36. The molecule has 0 spiro atoms. The Balaban J connectivity index is 2.14. The third kappa shape index (κ3) is 5.56. The van der Waals surface area contributed by atoms with Crippen LogP contribution < -0.4 is 10.1 Å². The second-order valence-corrected chi connectivity index (χ2v) is 8.04. The van der Waals surface area contributed by atoms with Crippen molar-refractivity contribution in [3.8, 4) is 11.5 Å². The lowest BCUT2D eigenvalue weighted by atomic mass is 10.0. The van der Waals surface area contributed by atoms with Crippen LogP contribution in [-0.2, 0) is 26.8 Å². The zero-order chi connectivity index (χ0) is 27.0. The summed E-state index contributed by atoms with van der Waals surface area (Å²) in [6, 6.07) is 4.58. The highest BCUT2D eigenvalue weighted by atomic mass is 19.4. The summed E-state index contributed by atoms with van der Waals surface area (Å²) in [6.07, 6.45) is -8.91. The maximum atomic E-state index is 13.9. The van der Waals surface area contributed by atoms with E-state index in [-0.39, 0.29) is 23.8 Å². The molecule has 2 N–H and O–H groups in total. The number of nitrogens with zero attached hydrogens (tertiary/aromatic N) is 1. The summed E-state index contributed by atoms with van der Waals surface area (Å²) in [7, 11) is 2.07. The van der Waals surface area contributed by atoms with E-state index >= 15 is 0 Å². The monoisotopic (exact) mass is 517 g/mol. The van der Waals surface area contributed by atoms with E-state index in [0.29, 0.717) is 16.0 Å². The largest absolute Gasteiger partial charge is 0.456 e. The van der Waals surface area contributed by atoms with Gasteiger partial charge in [0.2, 0.25) is 0 Å². The van der Waals surface area contributed by atoms with Crippen molar-refractivity contribution in [3.05, 3.63) is 53.2 Å². The Morgan fingerprint density at radius 1 is 1.00 bits per heavy atom. The minimum atomic E-state index is -5.30. The van der Waals surface area contributed by atoms with Crippen molar-refractivity contribution in [2.45, 2.75) is 32.1 Å². The van der Waals surface area contributed by atoms with Crippen LogP contribution in [0.2, 0.25) is 0 Å². The van der Waals surface area contributed by atoms with E-state index in [1.807, 2.05) is 13.8 Å². The number of hydroxylamine groups is 2. The van der Waals surface area contributed by atoms with Crippen molar-refractivity contribution in [2.75, 3.05) is 19.5 Å². The van der Waals surface area contributed by atoms with Gasteiger partial charge in [-0.05, 0) is 41.8 Å². The van der Waals surface area contributed by atoms with Gasteiger partial charge in [-0.1, -0.05) is 13.8 Å². The third-order valence-corrected chi connectivity index (χ3v) is 5.24. The van der Waals surface area contributed by atoms with Crippen LogP contribution in [0.1, 0.15) is 36.5 Å². The van der Waals surface area contributed by atoms with Crippen LogP contribution in [0.3, 0.4) is 0 Å². The predicted octanol–water partition coefficient (Wildman–Crippen LogP) is 6.08. The van der Waals surface area contributed by atoms with E-state index in [1.54, 1.807) is 11.5 Å². The first-order valence-corrected chi connectivity index (χ1v) is 10.4. The highest BCUT2D eigenvalue weighted by Crippen LogP contribution is 2.47. The van der Waals surface area contributed by atoms with Crippen LogP contribution >= 0.6 is 0 Å². The number of ether oxygens (including phenoxy) is 1. The molecule has 1 heterocycles. The molecule has 3 rings (SSSR count). The predicted molar refractivity (Wildman–Crippen MR) is 117 cm³/mol. The Labute approximate surface area is 200 Å². The number of rotatable bonds is 5. The van der Waals surface area contributed by atoms with Gasteiger partial charge in [-0.3, -0.25) is 14.4 Å². The van der Waals surface area contributed by atoms with Gasteiger partial charge in [-0.25, -0.2) is 5.06 Å². The zero-order valence-corrected chi connectivity index (χ0v) is 19.4. The smallest absolute Gasteiger partial charge is 0.420 e. The Bertz CT molecular complexity index is 1260. The van der Waals surface area contributed by atoms with Gasteiger partial charge >= 0.3 is 24.2 Å². The van der Waals surface area contributed by atoms with E-state index in [1.165, 1.54) is 18.2 Å². The summed E-state index contributed by atoms with van der Waals surface area (Å²) in [4.78, 5) is 31.3. The Morgan fingerprint density at radius 2 is 1.58 bits per heavy atom. The molecule has 0 radical (unpaired) electrons. The molecule has 2 amide bonds. The summed E-state index contributed by atoms with van der Waals surface area (Å²) >= 11 is 0. The molecule has 3 aromatic rings. The summed E-state index contributed by atoms with van der Waals surface area (Å²) in [6.45, 7) is 3.75. The second kappa shape index (κ2) is 9.72. The quantitative estimate of drug-likeness (QED) is 0.244. The molecule has 0 aliphatic heterocycles. The van der Waals surface area contributed by atoms with Crippen LogP contribution in [0.4, 0.5) is 32.0 Å². The van der Waals surface area contributed by atoms with Crippen molar-refractivity contribution in [2.24, 2.45) is 0 Å². The highest BCUT2D eigenvalue weighted by molar-refractivity contribution is 6.39. The number of anilines is 1. The first kappa shape index (κ1) is 26.9. The molecular weight excluding hydrogens is 496 g/mol. The Hall–Kier alpha value is -3.74. The number of amides is 2. The Kier molecular flexibility index (Phi) is 7.25. The molecule has 7 nitrogen and oxygen atoms in total. The minimum absolute atomic E-state index is 0.0215. The fourth-order valence-electron chi connectivity index (χ4n) is 3.42. The van der Waals surface area contributed by atoms with Crippen molar-refractivity contribution < 1.29 is 45.5 Å². The minimum Gasteiger partial charge on any atom is -0.456 e. The van der Waals surface area contributed by atoms with E-state index in [2.05, 4.69) is 9.82 Å². The zero-order valence-electron chi connectivity index (χ0n) is 19.4. The number of fused-ring (bicyclic) bond motifs is 1. The summed E-state index contributed by atoms with van der Waals surface area (Å²) in [5, 5.41) is 2.77. The molecular formula is C23H21F6N3O4. The number of alkyl halides is 6. The van der Waals surface area contributed by atoms with Crippen molar-refractivity contribution in [3.63, 3.8) is 0 Å². The average Bonchev–Trinajstić information content (AvgIpc) is 3.20. The number of benzene rings is 2. The summed E-state index contributed by atoms with van der Waals surface area (Å²) < 4.78 is 88.6. The molecule has 0 bridgehead atoms. The molecule has 2 aromatic carbocycles. The molecule has 0 saturated carbocycles. The number of halogens is 6. The number of carbonyl (C=O) groups is 2. The SMILES string of the molecule is CON(C)C(=O)C(=O)Nc1cc(C(F)(F)F)c(Oc2ccc3[nH]cc(C(C)C)c3c2)c(C(F)(F)F)c1. The number of nitrogens with one attached hydrogen (secondary N) is 2. The molecule has 194 valence electrons. The van der Waals surface area contributed by atoms with Crippen molar-refractivity contribution in [1.82, 2.24) is 10.0 Å². The van der Waals surface area contributed by atoms with Crippen molar-refractivity contribution >= 4 is 28.4 Å². The molecule has 36 heavy (non-hydrogen) atoms. The summed E-state index contributed by atoms with van der Waals surface area (Å²) in [5.41, 5.74) is -3.07. The van der Waals surface area contributed by atoms with Crippen LogP contribution in [0.25, 0.3) is 10.9 Å². The molecule has 0 fully saturated rings. The van der Waals surface area contributed by atoms with Crippen LogP contribution in [0.15, 0.2) is 36.5 Å². The number of H-pyrrole nitrogens is 1. The molecule has 0 saturated heterocycles. The summed E-state index contributed by atoms with van der Waals surface area (Å²) in [5.74, 6) is -4.58. The normalized spacial score (nSPS) is 12.2. The first-order valence-electron chi connectivity index (χ1n) is 10.4. The average molecular weight is 517 g/mol. The van der Waals surface area contributed by atoms with E-state index in [4.69, 9.17) is 4.74 Å². The van der Waals surface area contributed by atoms with Crippen LogP contribution in [0.5, 0.6) is 11.5 Å². The fourth-order valence-corrected chi connectivity index (χ4v) is 3.42. The molecule has 0 aliphatic rings. The van der Waals surface area contributed by atoms with E-state index in [9.17, 15) is 35.9 Å². The maximum Gasteiger partial charge on any atom is 0.420 e. The number of hydrogen-bond donors (Lipinski definition) is 2. The van der Waals surface area contributed by atoms with Gasteiger partial charge < -0.3 is 15.0 Å². The second-order valence-electron chi connectivity index (χ2n) is 8.04. The molecule has 1 aromatic heterocycles. The number of aromatic nitrogens is 1. The Morgan fingerprint density at radius 3 is 2.08 bits per heavy atom. The molecule has 0 unspecified atom stereocenters. The first-order chi connectivity index (χ1) is 16.6.